The predicted molar refractivity (Wildman–Crippen MR) is 92.4 cm³/mol. The van der Waals surface area contributed by atoms with Gasteiger partial charge in [0.1, 0.15) is 0 Å². The van der Waals surface area contributed by atoms with Gasteiger partial charge in [0.05, 0.1) is 0 Å². The summed E-state index contributed by atoms with van der Waals surface area (Å²) >= 11 is 7.57. The molecule has 0 radical (unpaired) electrons. The van der Waals surface area contributed by atoms with E-state index in [2.05, 4.69) is 18.2 Å². The summed E-state index contributed by atoms with van der Waals surface area (Å²) in [5, 5.41) is 0.743. The molecule has 2 nitrogen and oxygen atoms in total. The lowest BCUT2D eigenvalue weighted by molar-refractivity contribution is -0.131. The van der Waals surface area contributed by atoms with Crippen LogP contribution in [0, 0.1) is 0 Å². The van der Waals surface area contributed by atoms with Crippen LogP contribution in [0.2, 0.25) is 5.02 Å². The zero-order valence-electron chi connectivity index (χ0n) is 12.3. The highest BCUT2D eigenvalue weighted by Crippen LogP contribution is 2.23. The monoisotopic (exact) mass is 331 g/mol. The average Bonchev–Trinajstić information content (AvgIpc) is 2.56. The molecule has 0 saturated carbocycles. The Morgan fingerprint density at radius 2 is 1.82 bits per heavy atom. The van der Waals surface area contributed by atoms with Crippen LogP contribution in [0.15, 0.2) is 53.4 Å². The van der Waals surface area contributed by atoms with Gasteiger partial charge in [0, 0.05) is 35.2 Å². The van der Waals surface area contributed by atoms with Crippen molar-refractivity contribution in [3.8, 4) is 0 Å². The lowest BCUT2D eigenvalue weighted by Gasteiger charge is -2.28. The molecule has 2 aromatic carbocycles. The molecule has 22 heavy (non-hydrogen) atoms. The van der Waals surface area contributed by atoms with Gasteiger partial charge in [0.15, 0.2) is 0 Å². The van der Waals surface area contributed by atoms with E-state index < -0.39 is 0 Å². The number of rotatable bonds is 4. The second-order valence-electron chi connectivity index (χ2n) is 5.39. The minimum atomic E-state index is 0.246. The lowest BCUT2D eigenvalue weighted by Crippen LogP contribution is -2.36. The third-order valence-corrected chi connectivity index (χ3v) is 5.15. The maximum Gasteiger partial charge on any atom is 0.223 e. The number of thioether (sulfide) groups is 1. The lowest BCUT2D eigenvalue weighted by atomic mass is 10.00. The highest BCUT2D eigenvalue weighted by molar-refractivity contribution is 7.99. The number of amides is 1. The van der Waals surface area contributed by atoms with Crippen molar-refractivity contribution in [3.05, 3.63) is 64.7 Å². The average molecular weight is 332 g/mol. The molecule has 0 unspecified atom stereocenters. The quantitative estimate of drug-likeness (QED) is 0.774. The van der Waals surface area contributed by atoms with Gasteiger partial charge < -0.3 is 4.90 Å². The Hall–Kier alpha value is -1.45. The molecule has 1 heterocycles. The van der Waals surface area contributed by atoms with Crippen molar-refractivity contribution in [2.45, 2.75) is 24.3 Å². The van der Waals surface area contributed by atoms with E-state index in [1.54, 1.807) is 11.8 Å². The number of halogens is 1. The molecular formula is C18H18ClNOS. The second kappa shape index (κ2) is 7.21. The standard InChI is InChI=1S/C18H18ClNOS/c19-16-5-7-17(8-6-16)22-12-10-18(21)20-11-9-14-3-1-2-4-15(14)13-20/h1-8H,9-13H2. The number of carbonyl (C=O) groups excluding carboxylic acids is 1. The van der Waals surface area contributed by atoms with E-state index in [9.17, 15) is 4.79 Å². The van der Waals surface area contributed by atoms with Gasteiger partial charge in [-0.05, 0) is 41.8 Å². The van der Waals surface area contributed by atoms with Crippen LogP contribution in [0.5, 0.6) is 0 Å². The van der Waals surface area contributed by atoms with Crippen molar-refractivity contribution in [1.29, 1.82) is 0 Å². The predicted octanol–water partition coefficient (Wildman–Crippen LogP) is 4.41. The topological polar surface area (TPSA) is 20.3 Å². The van der Waals surface area contributed by atoms with Gasteiger partial charge in [-0.25, -0.2) is 0 Å². The molecule has 0 atom stereocenters. The van der Waals surface area contributed by atoms with Gasteiger partial charge in [0.2, 0.25) is 5.91 Å². The second-order valence-corrected chi connectivity index (χ2v) is 6.99. The van der Waals surface area contributed by atoms with Crippen LogP contribution in [0.25, 0.3) is 0 Å². The van der Waals surface area contributed by atoms with Crippen LogP contribution in [-0.4, -0.2) is 23.1 Å². The SMILES string of the molecule is O=C(CCSc1ccc(Cl)cc1)N1CCc2ccccc2C1. The number of carbonyl (C=O) groups is 1. The largest absolute Gasteiger partial charge is 0.338 e. The number of nitrogens with zero attached hydrogens (tertiary/aromatic N) is 1. The maximum absolute atomic E-state index is 12.3. The van der Waals surface area contributed by atoms with Crippen LogP contribution in [0.4, 0.5) is 0 Å². The first-order valence-corrected chi connectivity index (χ1v) is 8.81. The van der Waals surface area contributed by atoms with Gasteiger partial charge >= 0.3 is 0 Å². The molecule has 1 aliphatic heterocycles. The Kier molecular flexibility index (Phi) is 5.06. The number of hydrogen-bond acceptors (Lipinski definition) is 2. The van der Waals surface area contributed by atoms with E-state index in [1.165, 1.54) is 11.1 Å². The highest BCUT2D eigenvalue weighted by Gasteiger charge is 2.19. The van der Waals surface area contributed by atoms with Crippen molar-refractivity contribution in [2.24, 2.45) is 0 Å². The number of benzene rings is 2. The van der Waals surface area contributed by atoms with E-state index in [0.29, 0.717) is 6.42 Å². The zero-order chi connectivity index (χ0) is 15.4. The summed E-state index contributed by atoms with van der Waals surface area (Å²) in [4.78, 5) is 15.5. The van der Waals surface area contributed by atoms with Crippen LogP contribution in [0.3, 0.4) is 0 Å². The molecule has 0 bridgehead atoms. The summed E-state index contributed by atoms with van der Waals surface area (Å²) < 4.78 is 0. The Morgan fingerprint density at radius 1 is 1.09 bits per heavy atom. The third-order valence-electron chi connectivity index (χ3n) is 3.88. The Balaban J connectivity index is 1.50. The fourth-order valence-electron chi connectivity index (χ4n) is 2.65. The minimum Gasteiger partial charge on any atom is -0.338 e. The maximum atomic E-state index is 12.3. The number of hydrogen-bond donors (Lipinski definition) is 0. The summed E-state index contributed by atoms with van der Waals surface area (Å²) in [5.74, 6) is 1.05. The zero-order valence-corrected chi connectivity index (χ0v) is 13.9. The van der Waals surface area contributed by atoms with Crippen LogP contribution < -0.4 is 0 Å². The highest BCUT2D eigenvalue weighted by atomic mass is 35.5. The molecule has 1 aliphatic rings. The summed E-state index contributed by atoms with van der Waals surface area (Å²) in [7, 11) is 0. The van der Waals surface area contributed by atoms with E-state index >= 15 is 0 Å². The van der Waals surface area contributed by atoms with Gasteiger partial charge in [-0.1, -0.05) is 35.9 Å². The van der Waals surface area contributed by atoms with E-state index in [4.69, 9.17) is 11.6 Å². The molecule has 0 aromatic heterocycles. The van der Waals surface area contributed by atoms with Crippen molar-refractivity contribution in [1.82, 2.24) is 4.90 Å². The van der Waals surface area contributed by atoms with Crippen LogP contribution in [0.1, 0.15) is 17.5 Å². The first kappa shape index (κ1) is 15.4. The van der Waals surface area contributed by atoms with Gasteiger partial charge in [-0.2, -0.15) is 0 Å². The first-order valence-electron chi connectivity index (χ1n) is 7.45. The van der Waals surface area contributed by atoms with Crippen LogP contribution >= 0.6 is 23.4 Å². The van der Waals surface area contributed by atoms with Crippen LogP contribution in [-0.2, 0) is 17.8 Å². The third kappa shape index (κ3) is 3.84. The summed E-state index contributed by atoms with van der Waals surface area (Å²) in [6, 6.07) is 16.1. The van der Waals surface area contributed by atoms with Crippen molar-refractivity contribution in [2.75, 3.05) is 12.3 Å². The molecule has 0 saturated heterocycles. The normalized spacial score (nSPS) is 13.8. The van der Waals surface area contributed by atoms with Gasteiger partial charge in [0.25, 0.3) is 0 Å². The minimum absolute atomic E-state index is 0.246. The van der Waals surface area contributed by atoms with Crippen molar-refractivity contribution >= 4 is 29.3 Å². The Morgan fingerprint density at radius 3 is 2.59 bits per heavy atom. The molecule has 0 N–H and O–H groups in total. The fourth-order valence-corrected chi connectivity index (χ4v) is 3.62. The molecular weight excluding hydrogens is 314 g/mol. The van der Waals surface area contributed by atoms with E-state index in [1.807, 2.05) is 35.2 Å². The molecule has 0 spiro atoms. The van der Waals surface area contributed by atoms with E-state index in [0.717, 1.165) is 35.2 Å². The van der Waals surface area contributed by atoms with Crippen molar-refractivity contribution < 1.29 is 4.79 Å². The summed E-state index contributed by atoms with van der Waals surface area (Å²) in [6.45, 7) is 1.59. The smallest absolute Gasteiger partial charge is 0.223 e. The molecule has 4 heteroatoms. The molecule has 1 amide bonds. The summed E-state index contributed by atoms with van der Waals surface area (Å²) in [6.07, 6.45) is 1.54. The first-order chi connectivity index (χ1) is 10.7. The van der Waals surface area contributed by atoms with Crippen molar-refractivity contribution in [3.63, 3.8) is 0 Å². The molecule has 0 aliphatic carbocycles. The Labute approximate surface area is 140 Å². The van der Waals surface area contributed by atoms with E-state index in [-0.39, 0.29) is 5.91 Å². The Bertz CT molecular complexity index is 656. The fraction of sp³-hybridized carbons (Fsp3) is 0.278. The molecule has 114 valence electrons. The molecule has 0 fully saturated rings. The van der Waals surface area contributed by atoms with Gasteiger partial charge in [-0.3, -0.25) is 4.79 Å². The number of fused-ring (bicyclic) bond motifs is 1. The molecule has 3 rings (SSSR count). The van der Waals surface area contributed by atoms with Gasteiger partial charge in [-0.15, -0.1) is 11.8 Å². The molecule has 2 aromatic rings. The summed E-state index contributed by atoms with van der Waals surface area (Å²) in [5.41, 5.74) is 2.66.